The largest absolute Gasteiger partial charge is 0.316 e. The molecule has 0 spiro atoms. The van der Waals surface area contributed by atoms with Crippen LogP contribution in [-0.4, -0.2) is 27.9 Å². The summed E-state index contributed by atoms with van der Waals surface area (Å²) >= 11 is 0. The maximum atomic E-state index is 4.42. The van der Waals surface area contributed by atoms with Gasteiger partial charge in [0.15, 0.2) is 0 Å². The summed E-state index contributed by atoms with van der Waals surface area (Å²) in [6.45, 7) is 7.30. The van der Waals surface area contributed by atoms with Crippen molar-refractivity contribution in [2.45, 2.75) is 39.7 Å². The van der Waals surface area contributed by atoms with E-state index in [1.807, 2.05) is 4.68 Å². The zero-order valence-electron chi connectivity index (χ0n) is 13.1. The second kappa shape index (κ2) is 8.57. The Morgan fingerprint density at radius 2 is 1.95 bits per heavy atom. The van der Waals surface area contributed by atoms with Crippen molar-refractivity contribution >= 4 is 0 Å². The number of nitrogens with one attached hydrogen (secondary N) is 1. The molecule has 0 radical (unpaired) electrons. The van der Waals surface area contributed by atoms with Crippen LogP contribution in [0.3, 0.4) is 0 Å². The Hall–Kier alpha value is -1.68. The van der Waals surface area contributed by atoms with Gasteiger partial charge < -0.3 is 5.32 Å². The Bertz CT molecular complexity index is 507. The van der Waals surface area contributed by atoms with Gasteiger partial charge in [-0.1, -0.05) is 37.3 Å². The van der Waals surface area contributed by atoms with Crippen LogP contribution in [0.5, 0.6) is 0 Å². The van der Waals surface area contributed by atoms with E-state index in [0.29, 0.717) is 5.92 Å². The number of aromatic nitrogens is 3. The van der Waals surface area contributed by atoms with Crippen LogP contribution >= 0.6 is 0 Å². The molecule has 0 aliphatic carbocycles. The van der Waals surface area contributed by atoms with Crippen molar-refractivity contribution in [3.8, 4) is 0 Å². The first kappa shape index (κ1) is 15.7. The van der Waals surface area contributed by atoms with Crippen molar-refractivity contribution in [3.05, 3.63) is 48.0 Å². The number of hydrogen-bond acceptors (Lipinski definition) is 3. The molecule has 0 saturated carbocycles. The molecule has 0 aliphatic rings. The van der Waals surface area contributed by atoms with Gasteiger partial charge >= 0.3 is 0 Å². The Labute approximate surface area is 127 Å². The maximum Gasteiger partial charge on any atom is 0.138 e. The fraction of sp³-hybridized carbons (Fsp3) is 0.529. The minimum atomic E-state index is 0.549. The van der Waals surface area contributed by atoms with Crippen molar-refractivity contribution in [2.75, 3.05) is 13.1 Å². The average molecular weight is 286 g/mol. The highest BCUT2D eigenvalue weighted by Gasteiger charge is 2.14. The van der Waals surface area contributed by atoms with Gasteiger partial charge in [0.05, 0.1) is 0 Å². The lowest BCUT2D eigenvalue weighted by Crippen LogP contribution is -2.27. The second-order valence-electron chi connectivity index (χ2n) is 5.46. The molecule has 2 rings (SSSR count). The van der Waals surface area contributed by atoms with Crippen LogP contribution in [0.4, 0.5) is 0 Å². The molecule has 0 fully saturated rings. The summed E-state index contributed by atoms with van der Waals surface area (Å²) in [4.78, 5) is 4.42. The monoisotopic (exact) mass is 286 g/mol. The molecule has 4 heteroatoms. The zero-order chi connectivity index (χ0) is 14.9. The number of rotatable bonds is 9. The molecule has 114 valence electrons. The minimum absolute atomic E-state index is 0.549. The average Bonchev–Trinajstić information content (AvgIpc) is 2.95. The lowest BCUT2D eigenvalue weighted by molar-refractivity contribution is 0.447. The Kier molecular flexibility index (Phi) is 6.41. The van der Waals surface area contributed by atoms with Crippen LogP contribution in [0.2, 0.25) is 0 Å². The lowest BCUT2D eigenvalue weighted by Gasteiger charge is -2.17. The van der Waals surface area contributed by atoms with Gasteiger partial charge in [0.2, 0.25) is 0 Å². The summed E-state index contributed by atoms with van der Waals surface area (Å²) < 4.78 is 2.00. The van der Waals surface area contributed by atoms with Gasteiger partial charge in [-0.05, 0) is 44.3 Å². The number of benzene rings is 1. The van der Waals surface area contributed by atoms with E-state index < -0.39 is 0 Å². The van der Waals surface area contributed by atoms with Crippen molar-refractivity contribution in [3.63, 3.8) is 0 Å². The molecule has 1 aromatic heterocycles. The van der Waals surface area contributed by atoms with Crippen molar-refractivity contribution in [1.82, 2.24) is 20.1 Å². The van der Waals surface area contributed by atoms with Crippen molar-refractivity contribution in [1.29, 1.82) is 0 Å². The highest BCUT2D eigenvalue weighted by atomic mass is 15.3. The van der Waals surface area contributed by atoms with Gasteiger partial charge in [-0.3, -0.25) is 4.68 Å². The molecule has 0 bridgehead atoms. The van der Waals surface area contributed by atoms with E-state index in [1.54, 1.807) is 6.33 Å². The van der Waals surface area contributed by atoms with Gasteiger partial charge in [0.1, 0.15) is 12.2 Å². The zero-order valence-corrected chi connectivity index (χ0v) is 13.1. The predicted octanol–water partition coefficient (Wildman–Crippen LogP) is 2.70. The van der Waals surface area contributed by atoms with Crippen molar-refractivity contribution < 1.29 is 0 Å². The summed E-state index contributed by atoms with van der Waals surface area (Å²) in [5.41, 5.74) is 1.39. The molecular weight excluding hydrogens is 260 g/mol. The van der Waals surface area contributed by atoms with Gasteiger partial charge in [-0.25, -0.2) is 4.98 Å². The third-order valence-corrected chi connectivity index (χ3v) is 3.69. The quantitative estimate of drug-likeness (QED) is 0.721. The minimum Gasteiger partial charge on any atom is -0.316 e. The SMILES string of the molecule is CCCNCC(Cc1ccccc1)Cc1ncnn1CC. The summed E-state index contributed by atoms with van der Waals surface area (Å²) in [6, 6.07) is 10.7. The number of nitrogens with zero attached hydrogens (tertiary/aromatic N) is 3. The van der Waals surface area contributed by atoms with E-state index in [2.05, 4.69) is 59.6 Å². The molecule has 1 N–H and O–H groups in total. The van der Waals surface area contributed by atoms with E-state index >= 15 is 0 Å². The molecule has 0 amide bonds. The second-order valence-corrected chi connectivity index (χ2v) is 5.46. The molecule has 2 aromatic rings. The van der Waals surface area contributed by atoms with Crippen molar-refractivity contribution in [2.24, 2.45) is 5.92 Å². The van der Waals surface area contributed by atoms with E-state index in [-0.39, 0.29) is 0 Å². The van der Waals surface area contributed by atoms with Crippen LogP contribution in [0.1, 0.15) is 31.7 Å². The first-order valence-corrected chi connectivity index (χ1v) is 7.94. The Morgan fingerprint density at radius 3 is 2.67 bits per heavy atom. The molecular formula is C17H26N4. The van der Waals surface area contributed by atoms with Crippen LogP contribution in [0, 0.1) is 5.92 Å². The van der Waals surface area contributed by atoms with Gasteiger partial charge in [-0.2, -0.15) is 5.10 Å². The first-order chi connectivity index (χ1) is 10.3. The van der Waals surface area contributed by atoms with Gasteiger partial charge in [0, 0.05) is 13.0 Å². The van der Waals surface area contributed by atoms with E-state index in [0.717, 1.165) is 38.3 Å². The molecule has 1 atom stereocenters. The lowest BCUT2D eigenvalue weighted by atomic mass is 9.95. The smallest absolute Gasteiger partial charge is 0.138 e. The Balaban J connectivity index is 2.01. The van der Waals surface area contributed by atoms with E-state index in [4.69, 9.17) is 0 Å². The first-order valence-electron chi connectivity index (χ1n) is 7.94. The summed E-state index contributed by atoms with van der Waals surface area (Å²) in [6.07, 6.45) is 4.88. The third kappa shape index (κ3) is 4.97. The highest BCUT2D eigenvalue weighted by Crippen LogP contribution is 2.13. The van der Waals surface area contributed by atoms with Crippen LogP contribution in [0.15, 0.2) is 36.7 Å². The molecule has 0 aliphatic heterocycles. The maximum absolute atomic E-state index is 4.42. The van der Waals surface area contributed by atoms with Gasteiger partial charge in [0.25, 0.3) is 0 Å². The van der Waals surface area contributed by atoms with E-state index in [1.165, 1.54) is 12.0 Å². The topological polar surface area (TPSA) is 42.7 Å². The predicted molar refractivity (Wildman–Crippen MR) is 86.2 cm³/mol. The molecule has 1 heterocycles. The van der Waals surface area contributed by atoms with E-state index in [9.17, 15) is 0 Å². The molecule has 0 saturated heterocycles. The third-order valence-electron chi connectivity index (χ3n) is 3.69. The normalized spacial score (nSPS) is 12.5. The summed E-state index contributed by atoms with van der Waals surface area (Å²) in [7, 11) is 0. The molecule has 21 heavy (non-hydrogen) atoms. The van der Waals surface area contributed by atoms with Crippen LogP contribution < -0.4 is 5.32 Å². The van der Waals surface area contributed by atoms with Gasteiger partial charge in [-0.15, -0.1) is 0 Å². The number of aryl methyl sites for hydroxylation is 1. The van der Waals surface area contributed by atoms with Crippen LogP contribution in [-0.2, 0) is 19.4 Å². The van der Waals surface area contributed by atoms with Crippen LogP contribution in [0.25, 0.3) is 0 Å². The number of hydrogen-bond donors (Lipinski definition) is 1. The summed E-state index contributed by atoms with van der Waals surface area (Å²) in [5.74, 6) is 1.64. The highest BCUT2D eigenvalue weighted by molar-refractivity contribution is 5.15. The molecule has 1 aromatic carbocycles. The fourth-order valence-electron chi connectivity index (χ4n) is 2.62. The standard InChI is InChI=1S/C17H26N4/c1-3-10-18-13-16(11-15-8-6-5-7-9-15)12-17-19-14-20-21(17)4-2/h5-9,14,16,18H,3-4,10-13H2,1-2H3. The fourth-order valence-corrected chi connectivity index (χ4v) is 2.62. The summed E-state index contributed by atoms with van der Waals surface area (Å²) in [5, 5.41) is 7.82. The molecule has 4 nitrogen and oxygen atoms in total. The Morgan fingerprint density at radius 1 is 1.14 bits per heavy atom. The molecule has 1 unspecified atom stereocenters.